The number of rotatable bonds is 4. The number of carbonyl (C=O) groups is 1. The summed E-state index contributed by atoms with van der Waals surface area (Å²) in [6.45, 7) is 0.972. The lowest BCUT2D eigenvalue weighted by molar-refractivity contribution is -0.132. The molecule has 8 nitrogen and oxygen atoms in total. The maximum atomic E-state index is 13.0. The predicted molar refractivity (Wildman–Crippen MR) is 115 cm³/mol. The number of aromatic nitrogens is 5. The van der Waals surface area contributed by atoms with Crippen molar-refractivity contribution in [2.75, 3.05) is 6.54 Å². The van der Waals surface area contributed by atoms with Crippen molar-refractivity contribution in [3.05, 3.63) is 69.6 Å². The van der Waals surface area contributed by atoms with Crippen molar-refractivity contribution in [2.45, 2.75) is 31.8 Å². The minimum Gasteiger partial charge on any atom is -0.332 e. The maximum absolute atomic E-state index is 13.0. The molecule has 1 amide bonds. The molecule has 1 aromatic carbocycles. The van der Waals surface area contributed by atoms with Gasteiger partial charge in [-0.1, -0.05) is 22.0 Å². The Hall–Kier alpha value is -3.07. The van der Waals surface area contributed by atoms with Crippen LogP contribution in [0.2, 0.25) is 0 Å². The molecule has 0 N–H and O–H groups in total. The van der Waals surface area contributed by atoms with E-state index in [0.29, 0.717) is 17.4 Å². The van der Waals surface area contributed by atoms with Crippen LogP contribution in [0.25, 0.3) is 16.6 Å². The third-order valence-electron chi connectivity index (χ3n) is 5.56. The average Bonchev–Trinajstić information content (AvgIpc) is 3.40. The number of fused-ring (bicyclic) bond motifs is 2. The molecule has 0 radical (unpaired) electrons. The number of carbonyl (C=O) groups excluding carboxylic acids is 1. The van der Waals surface area contributed by atoms with Crippen molar-refractivity contribution in [1.29, 1.82) is 0 Å². The van der Waals surface area contributed by atoms with Gasteiger partial charge in [-0.15, -0.1) is 10.2 Å². The van der Waals surface area contributed by atoms with Gasteiger partial charge < -0.3 is 4.90 Å². The summed E-state index contributed by atoms with van der Waals surface area (Å²) in [7, 11) is 0. The number of nitrogens with zero attached hydrogens (tertiary/aromatic N) is 6. The van der Waals surface area contributed by atoms with E-state index in [4.69, 9.17) is 0 Å². The van der Waals surface area contributed by atoms with Gasteiger partial charge in [-0.25, -0.2) is 4.98 Å². The average molecular weight is 467 g/mol. The SMILES string of the molecule is O=C(CCn1cnc2ccc(Br)cc2c1=O)N1CCCC1c1nnc2ccccn12. The van der Waals surface area contributed by atoms with Crippen LogP contribution in [0.5, 0.6) is 0 Å². The molecule has 1 atom stereocenters. The molecule has 0 aliphatic carbocycles. The first-order chi connectivity index (χ1) is 14.6. The molecule has 0 spiro atoms. The molecule has 0 bridgehead atoms. The number of hydrogen-bond acceptors (Lipinski definition) is 5. The normalized spacial score (nSPS) is 16.6. The second kappa shape index (κ2) is 7.64. The molecule has 152 valence electrons. The lowest BCUT2D eigenvalue weighted by atomic mass is 10.2. The zero-order chi connectivity index (χ0) is 20.7. The number of likely N-dealkylation sites (tertiary alicyclic amines) is 1. The number of benzene rings is 1. The smallest absolute Gasteiger partial charge is 0.261 e. The van der Waals surface area contributed by atoms with Crippen molar-refractivity contribution < 1.29 is 4.79 Å². The Balaban J connectivity index is 1.36. The van der Waals surface area contributed by atoms with E-state index >= 15 is 0 Å². The minimum absolute atomic E-state index is 0.00594. The summed E-state index contributed by atoms with van der Waals surface area (Å²) in [6.07, 6.45) is 5.44. The lowest BCUT2D eigenvalue weighted by Gasteiger charge is -2.23. The zero-order valence-corrected chi connectivity index (χ0v) is 17.7. The fourth-order valence-corrected chi connectivity index (χ4v) is 4.43. The molecule has 30 heavy (non-hydrogen) atoms. The molecule has 0 saturated carbocycles. The van der Waals surface area contributed by atoms with E-state index in [2.05, 4.69) is 31.1 Å². The van der Waals surface area contributed by atoms with E-state index in [1.165, 1.54) is 10.9 Å². The Kier molecular flexibility index (Phi) is 4.82. The van der Waals surface area contributed by atoms with Crippen LogP contribution >= 0.6 is 15.9 Å². The summed E-state index contributed by atoms with van der Waals surface area (Å²) in [5.41, 5.74) is 1.27. The summed E-state index contributed by atoms with van der Waals surface area (Å²) in [6, 6.07) is 11.1. The van der Waals surface area contributed by atoms with E-state index in [0.717, 1.165) is 28.8 Å². The molecule has 1 fully saturated rings. The van der Waals surface area contributed by atoms with Crippen molar-refractivity contribution in [3.63, 3.8) is 0 Å². The predicted octanol–water partition coefficient (Wildman–Crippen LogP) is 2.96. The topological polar surface area (TPSA) is 85.4 Å². The molecular weight excluding hydrogens is 448 g/mol. The Morgan fingerprint density at radius 3 is 3.00 bits per heavy atom. The molecule has 4 aromatic rings. The second-order valence-electron chi connectivity index (χ2n) is 7.39. The molecule has 1 unspecified atom stereocenters. The van der Waals surface area contributed by atoms with Gasteiger partial charge in [-0.05, 0) is 43.2 Å². The Morgan fingerprint density at radius 2 is 2.10 bits per heavy atom. The van der Waals surface area contributed by atoms with E-state index < -0.39 is 0 Å². The number of amides is 1. The fraction of sp³-hybridized carbons (Fsp3) is 0.286. The molecule has 9 heteroatoms. The summed E-state index contributed by atoms with van der Waals surface area (Å²) in [4.78, 5) is 32.0. The van der Waals surface area contributed by atoms with Crippen LogP contribution < -0.4 is 5.56 Å². The summed E-state index contributed by atoms with van der Waals surface area (Å²) < 4.78 is 4.26. The van der Waals surface area contributed by atoms with Crippen molar-refractivity contribution in [2.24, 2.45) is 0 Å². The molecular formula is C21H19BrN6O2. The monoisotopic (exact) mass is 466 g/mol. The van der Waals surface area contributed by atoms with Crippen LogP contribution in [0.4, 0.5) is 0 Å². The standard InChI is InChI=1S/C21H19BrN6O2/c22-14-6-7-16-15(12-14)21(30)26(13-23-16)11-8-19(29)27-10-3-4-17(27)20-25-24-18-5-1-2-9-28(18)20/h1-2,5-7,9,12-13,17H,3-4,8,10-11H2. The summed E-state index contributed by atoms with van der Waals surface area (Å²) in [5.74, 6) is 0.789. The summed E-state index contributed by atoms with van der Waals surface area (Å²) in [5, 5.41) is 9.09. The highest BCUT2D eigenvalue weighted by atomic mass is 79.9. The first-order valence-corrected chi connectivity index (χ1v) is 10.6. The molecule has 1 aliphatic heterocycles. The van der Waals surface area contributed by atoms with Gasteiger partial charge in [0.15, 0.2) is 11.5 Å². The van der Waals surface area contributed by atoms with Crippen molar-refractivity contribution in [1.82, 2.24) is 29.0 Å². The lowest BCUT2D eigenvalue weighted by Crippen LogP contribution is -2.33. The molecule has 1 aliphatic rings. The van der Waals surface area contributed by atoms with Crippen LogP contribution in [-0.4, -0.2) is 41.5 Å². The fourth-order valence-electron chi connectivity index (χ4n) is 4.07. The van der Waals surface area contributed by atoms with E-state index in [1.807, 2.05) is 39.8 Å². The number of pyridine rings is 1. The van der Waals surface area contributed by atoms with Gasteiger partial charge in [-0.2, -0.15) is 0 Å². The Bertz CT molecular complexity index is 1310. The molecule has 1 saturated heterocycles. The Labute approximate surface area is 180 Å². The first kappa shape index (κ1) is 18.9. The van der Waals surface area contributed by atoms with E-state index in [-0.39, 0.29) is 30.5 Å². The van der Waals surface area contributed by atoms with Crippen LogP contribution in [0.3, 0.4) is 0 Å². The third-order valence-corrected chi connectivity index (χ3v) is 6.06. The quantitative estimate of drug-likeness (QED) is 0.461. The van der Waals surface area contributed by atoms with Crippen LogP contribution in [0.1, 0.15) is 31.1 Å². The van der Waals surface area contributed by atoms with Gasteiger partial charge >= 0.3 is 0 Å². The van der Waals surface area contributed by atoms with E-state index in [9.17, 15) is 9.59 Å². The molecule has 4 heterocycles. The van der Waals surface area contributed by atoms with Gasteiger partial charge in [0.25, 0.3) is 5.56 Å². The largest absolute Gasteiger partial charge is 0.332 e. The van der Waals surface area contributed by atoms with Crippen LogP contribution in [0.15, 0.2) is 58.2 Å². The summed E-state index contributed by atoms with van der Waals surface area (Å²) >= 11 is 3.39. The van der Waals surface area contributed by atoms with Gasteiger partial charge in [0.2, 0.25) is 5.91 Å². The zero-order valence-electron chi connectivity index (χ0n) is 16.1. The van der Waals surface area contributed by atoms with Gasteiger partial charge in [0.05, 0.1) is 23.3 Å². The van der Waals surface area contributed by atoms with Crippen molar-refractivity contribution >= 4 is 38.4 Å². The van der Waals surface area contributed by atoms with Crippen LogP contribution in [-0.2, 0) is 11.3 Å². The molecule has 5 rings (SSSR count). The highest BCUT2D eigenvalue weighted by Gasteiger charge is 2.32. The number of hydrogen-bond donors (Lipinski definition) is 0. The second-order valence-corrected chi connectivity index (χ2v) is 8.30. The maximum Gasteiger partial charge on any atom is 0.261 e. The Morgan fingerprint density at radius 1 is 1.20 bits per heavy atom. The number of aryl methyl sites for hydroxylation is 1. The van der Waals surface area contributed by atoms with Gasteiger partial charge in [0.1, 0.15) is 0 Å². The highest BCUT2D eigenvalue weighted by Crippen LogP contribution is 2.31. The van der Waals surface area contributed by atoms with Crippen molar-refractivity contribution in [3.8, 4) is 0 Å². The minimum atomic E-state index is -0.143. The molecule has 3 aromatic heterocycles. The highest BCUT2D eigenvalue weighted by molar-refractivity contribution is 9.10. The first-order valence-electron chi connectivity index (χ1n) is 9.85. The van der Waals surface area contributed by atoms with Gasteiger partial charge in [-0.3, -0.25) is 18.6 Å². The van der Waals surface area contributed by atoms with Crippen LogP contribution in [0, 0.1) is 0 Å². The van der Waals surface area contributed by atoms with E-state index in [1.54, 1.807) is 12.1 Å². The van der Waals surface area contributed by atoms with Gasteiger partial charge in [0, 0.05) is 30.2 Å². The third kappa shape index (κ3) is 3.28. The number of halogens is 1.